The summed E-state index contributed by atoms with van der Waals surface area (Å²) in [6.45, 7) is 9.52. The Morgan fingerprint density at radius 2 is 2.00 bits per heavy atom. The maximum absolute atomic E-state index is 11.9. The molecule has 0 unspecified atom stereocenters. The lowest BCUT2D eigenvalue weighted by Crippen LogP contribution is -2.27. The Hall–Kier alpha value is -1.00. The van der Waals surface area contributed by atoms with Gasteiger partial charge in [-0.15, -0.1) is 11.8 Å². The van der Waals surface area contributed by atoms with Crippen molar-refractivity contribution in [3.8, 4) is 0 Å². The molecule has 19 heavy (non-hydrogen) atoms. The SMILES string of the molecule is CCSc1cccc(C(=O)OCCN(CC)CC)c1. The van der Waals surface area contributed by atoms with Gasteiger partial charge in [0.05, 0.1) is 5.56 Å². The second-order valence-electron chi connectivity index (χ2n) is 4.12. The van der Waals surface area contributed by atoms with Crippen molar-refractivity contribution in [2.45, 2.75) is 25.7 Å². The van der Waals surface area contributed by atoms with E-state index in [2.05, 4.69) is 25.7 Å². The maximum atomic E-state index is 11.9. The maximum Gasteiger partial charge on any atom is 0.338 e. The highest BCUT2D eigenvalue weighted by molar-refractivity contribution is 7.99. The molecule has 106 valence electrons. The summed E-state index contributed by atoms with van der Waals surface area (Å²) in [6.07, 6.45) is 0. The highest BCUT2D eigenvalue weighted by Gasteiger charge is 2.08. The Morgan fingerprint density at radius 1 is 1.26 bits per heavy atom. The fourth-order valence-corrected chi connectivity index (χ4v) is 2.49. The number of ether oxygens (including phenoxy) is 1. The molecule has 0 aromatic heterocycles. The van der Waals surface area contributed by atoms with Gasteiger partial charge in [0.2, 0.25) is 0 Å². The molecule has 1 rings (SSSR count). The predicted octanol–water partition coefficient (Wildman–Crippen LogP) is 3.30. The number of hydrogen-bond acceptors (Lipinski definition) is 4. The molecule has 0 bridgehead atoms. The van der Waals surface area contributed by atoms with E-state index in [4.69, 9.17) is 4.74 Å². The summed E-state index contributed by atoms with van der Waals surface area (Å²) in [5.41, 5.74) is 0.637. The average molecular weight is 281 g/mol. The third kappa shape index (κ3) is 5.66. The molecule has 0 aliphatic heterocycles. The second kappa shape index (κ2) is 8.99. The molecule has 4 heteroatoms. The number of carbonyl (C=O) groups is 1. The van der Waals surface area contributed by atoms with Crippen LogP contribution in [0.1, 0.15) is 31.1 Å². The van der Waals surface area contributed by atoms with Crippen LogP contribution in [0.15, 0.2) is 29.2 Å². The molecular weight excluding hydrogens is 258 g/mol. The van der Waals surface area contributed by atoms with Gasteiger partial charge in [0.15, 0.2) is 0 Å². The zero-order chi connectivity index (χ0) is 14.1. The standard InChI is InChI=1S/C15H23NO2S/c1-4-16(5-2)10-11-18-15(17)13-8-7-9-14(12-13)19-6-3/h7-9,12H,4-6,10-11H2,1-3H3. The molecule has 0 saturated carbocycles. The van der Waals surface area contributed by atoms with Crippen LogP contribution in [0.3, 0.4) is 0 Å². The molecule has 0 aliphatic rings. The van der Waals surface area contributed by atoms with Crippen LogP contribution in [0.4, 0.5) is 0 Å². The van der Waals surface area contributed by atoms with Crippen molar-refractivity contribution in [2.24, 2.45) is 0 Å². The van der Waals surface area contributed by atoms with E-state index >= 15 is 0 Å². The number of carbonyl (C=O) groups excluding carboxylic acids is 1. The van der Waals surface area contributed by atoms with Gasteiger partial charge in [0.25, 0.3) is 0 Å². The monoisotopic (exact) mass is 281 g/mol. The molecule has 0 saturated heterocycles. The predicted molar refractivity (Wildman–Crippen MR) is 80.9 cm³/mol. The van der Waals surface area contributed by atoms with Crippen molar-refractivity contribution in [3.63, 3.8) is 0 Å². The first kappa shape index (κ1) is 16.1. The third-order valence-electron chi connectivity index (χ3n) is 2.92. The van der Waals surface area contributed by atoms with Crippen molar-refractivity contribution in [1.29, 1.82) is 0 Å². The van der Waals surface area contributed by atoms with Crippen LogP contribution in [0.5, 0.6) is 0 Å². The zero-order valence-electron chi connectivity index (χ0n) is 12.0. The molecule has 0 atom stereocenters. The lowest BCUT2D eigenvalue weighted by atomic mass is 10.2. The molecular formula is C15H23NO2S. The van der Waals surface area contributed by atoms with Gasteiger partial charge >= 0.3 is 5.97 Å². The molecule has 0 amide bonds. The minimum absolute atomic E-state index is 0.231. The molecule has 0 aliphatic carbocycles. The van der Waals surface area contributed by atoms with E-state index in [9.17, 15) is 4.79 Å². The van der Waals surface area contributed by atoms with Crippen LogP contribution in [0.25, 0.3) is 0 Å². The largest absolute Gasteiger partial charge is 0.461 e. The van der Waals surface area contributed by atoms with E-state index < -0.39 is 0 Å². The Balaban J connectivity index is 2.46. The molecule has 0 spiro atoms. The van der Waals surface area contributed by atoms with E-state index in [0.717, 1.165) is 30.3 Å². The zero-order valence-corrected chi connectivity index (χ0v) is 12.8. The molecule has 3 nitrogen and oxygen atoms in total. The van der Waals surface area contributed by atoms with Gasteiger partial charge in [0.1, 0.15) is 6.61 Å². The van der Waals surface area contributed by atoms with Gasteiger partial charge in [-0.1, -0.05) is 26.8 Å². The van der Waals surface area contributed by atoms with Gasteiger partial charge < -0.3 is 9.64 Å². The molecule has 0 fully saturated rings. The number of benzene rings is 1. The third-order valence-corrected chi connectivity index (χ3v) is 3.79. The molecule has 1 aromatic rings. The van der Waals surface area contributed by atoms with Crippen molar-refractivity contribution >= 4 is 17.7 Å². The van der Waals surface area contributed by atoms with Gasteiger partial charge in [-0.05, 0) is 37.0 Å². The fraction of sp³-hybridized carbons (Fsp3) is 0.533. The summed E-state index contributed by atoms with van der Waals surface area (Å²) >= 11 is 1.73. The Bertz CT molecular complexity index is 391. The number of likely N-dealkylation sites (N-methyl/N-ethyl adjacent to an activating group) is 1. The smallest absolute Gasteiger partial charge is 0.338 e. The first-order chi connectivity index (χ1) is 9.21. The number of hydrogen-bond donors (Lipinski definition) is 0. The van der Waals surface area contributed by atoms with Crippen molar-refractivity contribution in [3.05, 3.63) is 29.8 Å². The summed E-state index contributed by atoms with van der Waals surface area (Å²) in [4.78, 5) is 15.3. The quantitative estimate of drug-likeness (QED) is 0.540. The van der Waals surface area contributed by atoms with E-state index in [1.54, 1.807) is 17.8 Å². The molecule has 0 N–H and O–H groups in total. The molecule has 0 radical (unpaired) electrons. The highest BCUT2D eigenvalue weighted by Crippen LogP contribution is 2.18. The number of nitrogens with zero attached hydrogens (tertiary/aromatic N) is 1. The van der Waals surface area contributed by atoms with E-state index in [0.29, 0.717) is 12.2 Å². The topological polar surface area (TPSA) is 29.5 Å². The summed E-state index contributed by atoms with van der Waals surface area (Å²) in [5.74, 6) is 0.770. The van der Waals surface area contributed by atoms with E-state index in [1.807, 2.05) is 18.2 Å². The lowest BCUT2D eigenvalue weighted by molar-refractivity contribution is 0.0466. The van der Waals surface area contributed by atoms with Crippen LogP contribution in [-0.4, -0.2) is 42.9 Å². The first-order valence-corrected chi connectivity index (χ1v) is 7.82. The van der Waals surface area contributed by atoms with Gasteiger partial charge in [-0.2, -0.15) is 0 Å². The van der Waals surface area contributed by atoms with Gasteiger partial charge in [-0.3, -0.25) is 0 Å². The van der Waals surface area contributed by atoms with Crippen LogP contribution < -0.4 is 0 Å². The Kier molecular flexibility index (Phi) is 7.60. The Labute approximate surface area is 120 Å². The number of rotatable bonds is 8. The summed E-state index contributed by atoms with van der Waals surface area (Å²) in [7, 11) is 0. The number of esters is 1. The summed E-state index contributed by atoms with van der Waals surface area (Å²) in [5, 5.41) is 0. The van der Waals surface area contributed by atoms with Crippen molar-refractivity contribution < 1.29 is 9.53 Å². The van der Waals surface area contributed by atoms with E-state index in [-0.39, 0.29) is 5.97 Å². The van der Waals surface area contributed by atoms with E-state index in [1.165, 1.54) is 0 Å². The molecule has 0 heterocycles. The van der Waals surface area contributed by atoms with Crippen LogP contribution in [-0.2, 0) is 4.74 Å². The van der Waals surface area contributed by atoms with Crippen LogP contribution in [0, 0.1) is 0 Å². The minimum Gasteiger partial charge on any atom is -0.461 e. The summed E-state index contributed by atoms with van der Waals surface area (Å²) in [6, 6.07) is 7.62. The van der Waals surface area contributed by atoms with Gasteiger partial charge in [-0.25, -0.2) is 4.79 Å². The number of thioether (sulfide) groups is 1. The average Bonchev–Trinajstić information content (AvgIpc) is 2.44. The molecule has 1 aromatic carbocycles. The minimum atomic E-state index is -0.231. The highest BCUT2D eigenvalue weighted by atomic mass is 32.2. The first-order valence-electron chi connectivity index (χ1n) is 6.83. The Morgan fingerprint density at radius 3 is 2.63 bits per heavy atom. The van der Waals surface area contributed by atoms with Crippen LogP contribution in [0.2, 0.25) is 0 Å². The van der Waals surface area contributed by atoms with Crippen molar-refractivity contribution in [2.75, 3.05) is 32.0 Å². The van der Waals surface area contributed by atoms with Crippen LogP contribution >= 0.6 is 11.8 Å². The van der Waals surface area contributed by atoms with Crippen molar-refractivity contribution in [1.82, 2.24) is 4.90 Å². The lowest BCUT2D eigenvalue weighted by Gasteiger charge is -2.17. The summed E-state index contributed by atoms with van der Waals surface area (Å²) < 4.78 is 5.31. The second-order valence-corrected chi connectivity index (χ2v) is 5.46. The fourth-order valence-electron chi connectivity index (χ4n) is 1.77. The van der Waals surface area contributed by atoms with Gasteiger partial charge in [0, 0.05) is 11.4 Å². The normalized spacial score (nSPS) is 10.7.